The predicted molar refractivity (Wildman–Crippen MR) is 134 cm³/mol. The lowest BCUT2D eigenvalue weighted by molar-refractivity contribution is -0.120. The van der Waals surface area contributed by atoms with E-state index in [1.807, 2.05) is 6.07 Å². The fraction of sp³-hybridized carbons (Fsp3) is 0.414. The zero-order valence-electron chi connectivity index (χ0n) is 20.2. The third kappa shape index (κ3) is 4.94. The highest BCUT2D eigenvalue weighted by molar-refractivity contribution is 6.31. The van der Waals surface area contributed by atoms with E-state index in [1.165, 1.54) is 37.3 Å². The molecule has 182 valence electrons. The topological polar surface area (TPSA) is 66.9 Å². The van der Waals surface area contributed by atoms with E-state index in [0.717, 1.165) is 24.4 Å². The molecule has 1 aliphatic carbocycles. The Morgan fingerprint density at radius 2 is 1.74 bits per heavy atom. The van der Waals surface area contributed by atoms with Crippen molar-refractivity contribution >= 4 is 23.5 Å². The lowest BCUT2D eigenvalue weighted by Gasteiger charge is -2.47. The molecule has 0 aromatic heterocycles. The van der Waals surface area contributed by atoms with Crippen molar-refractivity contribution in [1.29, 1.82) is 0 Å². The van der Waals surface area contributed by atoms with Gasteiger partial charge in [0.25, 0.3) is 11.8 Å². The Kier molecular flexibility index (Phi) is 6.82. The van der Waals surface area contributed by atoms with Crippen molar-refractivity contribution in [3.05, 3.63) is 77.4 Å². The van der Waals surface area contributed by atoms with E-state index in [1.54, 1.807) is 31.2 Å². The number of piperidine rings is 1. The minimum absolute atomic E-state index is 0.241. The van der Waals surface area contributed by atoms with Crippen LogP contribution in [-0.2, 0) is 20.9 Å². The van der Waals surface area contributed by atoms with Gasteiger partial charge in [0.2, 0.25) is 0 Å². The lowest BCUT2D eigenvalue weighted by Crippen LogP contribution is -2.50. The number of hydrogen-bond acceptors (Lipinski definition) is 5. The van der Waals surface area contributed by atoms with E-state index in [9.17, 15) is 14.4 Å². The number of likely N-dealkylation sites (tertiary alicyclic amines) is 1. The molecule has 5 rings (SSSR count). The minimum atomic E-state index is -0.494. The molecule has 3 aliphatic rings. The highest BCUT2D eigenvalue weighted by Gasteiger charge is 2.38. The van der Waals surface area contributed by atoms with Gasteiger partial charge in [-0.1, -0.05) is 55.3 Å². The zero-order valence-corrected chi connectivity index (χ0v) is 20.2. The van der Waals surface area contributed by atoms with Gasteiger partial charge in [-0.2, -0.15) is 0 Å². The van der Waals surface area contributed by atoms with Crippen molar-refractivity contribution in [3.8, 4) is 0 Å². The number of carbonyl (C=O) groups is 3. The van der Waals surface area contributed by atoms with Gasteiger partial charge < -0.3 is 4.74 Å². The molecule has 0 radical (unpaired) electrons. The average Bonchev–Trinajstić information content (AvgIpc) is 3.13. The normalized spacial score (nSPS) is 24.8. The summed E-state index contributed by atoms with van der Waals surface area (Å²) in [6.07, 6.45) is 7.39. The van der Waals surface area contributed by atoms with Crippen LogP contribution in [0.1, 0.15) is 54.9 Å². The lowest BCUT2D eigenvalue weighted by atomic mass is 9.75. The van der Waals surface area contributed by atoms with Crippen LogP contribution in [0.25, 0.3) is 0 Å². The number of para-hydroxylation sites is 1. The molecule has 6 heteroatoms. The molecule has 35 heavy (non-hydrogen) atoms. The Morgan fingerprint density at radius 1 is 1.00 bits per heavy atom. The molecule has 2 aromatic carbocycles. The van der Waals surface area contributed by atoms with Gasteiger partial charge in [-0.3, -0.25) is 14.5 Å². The fourth-order valence-corrected chi connectivity index (χ4v) is 5.96. The molecule has 2 aliphatic heterocycles. The number of anilines is 1. The molecule has 3 atom stereocenters. The first-order valence-corrected chi connectivity index (χ1v) is 12.6. The molecular formula is C29H32N2O4. The summed E-state index contributed by atoms with van der Waals surface area (Å²) in [6.45, 7) is 3.75. The van der Waals surface area contributed by atoms with E-state index >= 15 is 0 Å². The molecule has 0 N–H and O–H groups in total. The van der Waals surface area contributed by atoms with E-state index in [0.29, 0.717) is 24.1 Å². The second-order valence-electron chi connectivity index (χ2n) is 10.1. The Bertz CT molecular complexity index is 1140. The maximum Gasteiger partial charge on any atom is 0.340 e. The van der Waals surface area contributed by atoms with Crippen LogP contribution in [0.5, 0.6) is 0 Å². The van der Waals surface area contributed by atoms with Crippen LogP contribution in [0.3, 0.4) is 0 Å². The summed E-state index contributed by atoms with van der Waals surface area (Å²) in [7, 11) is 0. The van der Waals surface area contributed by atoms with Crippen molar-refractivity contribution in [3.63, 3.8) is 0 Å². The third-order valence-corrected chi connectivity index (χ3v) is 7.61. The quantitative estimate of drug-likeness (QED) is 0.449. The summed E-state index contributed by atoms with van der Waals surface area (Å²) in [5.74, 6) is -0.437. The summed E-state index contributed by atoms with van der Waals surface area (Å²) in [4.78, 5) is 41.6. The number of rotatable bonds is 6. The van der Waals surface area contributed by atoms with Crippen LogP contribution < -0.4 is 4.90 Å². The number of esters is 1. The molecule has 6 nitrogen and oxygen atoms in total. The molecule has 0 bridgehead atoms. The second-order valence-corrected chi connectivity index (χ2v) is 10.1. The Hall–Kier alpha value is -3.25. The van der Waals surface area contributed by atoms with Crippen LogP contribution >= 0.6 is 0 Å². The molecule has 0 spiro atoms. The van der Waals surface area contributed by atoms with Gasteiger partial charge in [0, 0.05) is 36.7 Å². The number of benzene rings is 2. The number of fused-ring (bicyclic) bond motifs is 1. The Morgan fingerprint density at radius 3 is 2.51 bits per heavy atom. The number of nitrogens with zero attached hydrogens (tertiary/aromatic N) is 2. The molecule has 2 heterocycles. The maximum absolute atomic E-state index is 13.1. The summed E-state index contributed by atoms with van der Waals surface area (Å²) in [6, 6.07) is 17.8. The van der Waals surface area contributed by atoms with Gasteiger partial charge in [-0.25, -0.2) is 9.69 Å². The van der Waals surface area contributed by atoms with Crippen molar-refractivity contribution in [2.24, 2.45) is 11.8 Å². The van der Waals surface area contributed by atoms with E-state index in [2.05, 4.69) is 29.2 Å². The van der Waals surface area contributed by atoms with E-state index < -0.39 is 17.8 Å². The third-order valence-electron chi connectivity index (χ3n) is 7.61. The molecule has 2 fully saturated rings. The number of hydrogen-bond donors (Lipinski definition) is 0. The average molecular weight is 473 g/mol. The smallest absolute Gasteiger partial charge is 0.340 e. The number of amides is 2. The maximum atomic E-state index is 13.1. The Balaban J connectivity index is 1.28. The van der Waals surface area contributed by atoms with Crippen LogP contribution in [0.15, 0.2) is 66.2 Å². The number of ether oxygens (including phenoxy) is 1. The monoisotopic (exact) mass is 472 g/mol. The van der Waals surface area contributed by atoms with Gasteiger partial charge in [-0.15, -0.1) is 0 Å². The van der Waals surface area contributed by atoms with Crippen LogP contribution in [-0.4, -0.2) is 41.9 Å². The van der Waals surface area contributed by atoms with Crippen LogP contribution in [0.2, 0.25) is 0 Å². The van der Waals surface area contributed by atoms with Gasteiger partial charge in [0.15, 0.2) is 0 Å². The zero-order chi connectivity index (χ0) is 24.4. The molecule has 2 amide bonds. The SMILES string of the molecule is CC1=CC(=O)N(c2ccccc2C(=O)OC[C@H]2C[C@H]3CCCC[C@H]3N(Cc3ccccc3)C2)C1=O. The van der Waals surface area contributed by atoms with Gasteiger partial charge in [0.05, 0.1) is 17.9 Å². The highest BCUT2D eigenvalue weighted by atomic mass is 16.5. The van der Waals surface area contributed by atoms with Crippen molar-refractivity contribution < 1.29 is 19.1 Å². The highest BCUT2D eigenvalue weighted by Crippen LogP contribution is 2.38. The van der Waals surface area contributed by atoms with E-state index in [-0.39, 0.29) is 17.2 Å². The van der Waals surface area contributed by atoms with E-state index in [4.69, 9.17) is 4.74 Å². The summed E-state index contributed by atoms with van der Waals surface area (Å²) >= 11 is 0. The predicted octanol–water partition coefficient (Wildman–Crippen LogP) is 4.74. The molecular weight excluding hydrogens is 440 g/mol. The van der Waals surface area contributed by atoms with Gasteiger partial charge >= 0.3 is 5.97 Å². The molecule has 0 unspecified atom stereocenters. The number of imide groups is 1. The largest absolute Gasteiger partial charge is 0.462 e. The van der Waals surface area contributed by atoms with Crippen LogP contribution in [0, 0.1) is 11.8 Å². The van der Waals surface area contributed by atoms with Gasteiger partial charge in [0.1, 0.15) is 0 Å². The summed E-state index contributed by atoms with van der Waals surface area (Å²) in [5, 5.41) is 0. The van der Waals surface area contributed by atoms with Crippen molar-refractivity contribution in [2.45, 2.75) is 51.6 Å². The molecule has 2 aromatic rings. The Labute approximate surface area is 206 Å². The number of carbonyl (C=O) groups excluding carboxylic acids is 3. The summed E-state index contributed by atoms with van der Waals surface area (Å²) in [5.41, 5.74) is 2.19. The van der Waals surface area contributed by atoms with Crippen LogP contribution in [0.4, 0.5) is 5.69 Å². The second kappa shape index (κ2) is 10.2. The minimum Gasteiger partial charge on any atom is -0.462 e. The first kappa shape index (κ1) is 23.5. The standard InChI is InChI=1S/C29H32N2O4/c1-20-15-27(32)31(28(20)33)26-14-8-6-12-24(26)29(34)35-19-22-16-23-11-5-7-13-25(23)30(18-22)17-21-9-3-2-4-10-21/h2-4,6,8-10,12,14-15,22-23,25H,5,7,11,13,16-19H2,1H3/t22-,23+,25+/m0/s1. The first-order chi connectivity index (χ1) is 17.0. The van der Waals surface area contributed by atoms with Crippen molar-refractivity contribution in [1.82, 2.24) is 4.90 Å². The van der Waals surface area contributed by atoms with Crippen molar-refractivity contribution in [2.75, 3.05) is 18.1 Å². The van der Waals surface area contributed by atoms with Gasteiger partial charge in [-0.05, 0) is 49.8 Å². The fourth-order valence-electron chi connectivity index (χ4n) is 5.96. The first-order valence-electron chi connectivity index (χ1n) is 12.6. The molecule has 1 saturated heterocycles. The molecule has 1 saturated carbocycles. The summed E-state index contributed by atoms with van der Waals surface area (Å²) < 4.78 is 5.81.